The first-order valence-electron chi connectivity index (χ1n) is 4.38. The Kier molecular flexibility index (Phi) is 6.00. The lowest BCUT2D eigenvalue weighted by atomic mass is 10.2. The van der Waals surface area contributed by atoms with Crippen molar-refractivity contribution in [3.63, 3.8) is 0 Å². The van der Waals surface area contributed by atoms with Gasteiger partial charge in [-0.2, -0.15) is 0 Å². The number of hydrazine groups is 1. The molecule has 0 aromatic heterocycles. The van der Waals surface area contributed by atoms with Crippen molar-refractivity contribution in [1.82, 2.24) is 10.9 Å². The van der Waals surface area contributed by atoms with Crippen molar-refractivity contribution in [3.8, 4) is 0 Å². The van der Waals surface area contributed by atoms with Crippen LogP contribution in [-0.2, 0) is 14.4 Å². The summed E-state index contributed by atoms with van der Waals surface area (Å²) in [5.74, 6) is -2.29. The van der Waals surface area contributed by atoms with Crippen LogP contribution < -0.4 is 28.1 Å². The summed E-state index contributed by atoms with van der Waals surface area (Å²) < 4.78 is 0. The highest BCUT2D eigenvalue weighted by Crippen LogP contribution is 1.85. The summed E-state index contributed by atoms with van der Waals surface area (Å²) >= 11 is 0. The quantitative estimate of drug-likeness (QED) is 0.262. The number of amides is 3. The average molecular weight is 233 g/mol. The van der Waals surface area contributed by atoms with E-state index in [0.717, 1.165) is 0 Å². The lowest BCUT2D eigenvalue weighted by molar-refractivity contribution is -0.131. The number of aliphatic hydroxyl groups is 1. The molecular formula is C7H15N5O4. The molecule has 9 nitrogen and oxygen atoms in total. The topological polar surface area (TPSA) is 174 Å². The third kappa shape index (κ3) is 5.24. The van der Waals surface area contributed by atoms with Crippen LogP contribution in [0.3, 0.4) is 0 Å². The van der Waals surface area contributed by atoms with E-state index < -0.39 is 36.4 Å². The van der Waals surface area contributed by atoms with Crippen LogP contribution in [0.25, 0.3) is 0 Å². The minimum atomic E-state index is -1.15. The van der Waals surface area contributed by atoms with E-state index in [1.54, 1.807) is 0 Å². The molecular weight excluding hydrogens is 218 g/mol. The van der Waals surface area contributed by atoms with Crippen molar-refractivity contribution < 1.29 is 19.5 Å². The van der Waals surface area contributed by atoms with Crippen LogP contribution in [0.15, 0.2) is 0 Å². The summed E-state index contributed by atoms with van der Waals surface area (Å²) in [4.78, 5) is 32.5. The van der Waals surface area contributed by atoms with Crippen LogP contribution in [0.5, 0.6) is 0 Å². The fourth-order valence-electron chi connectivity index (χ4n) is 0.701. The summed E-state index contributed by atoms with van der Waals surface area (Å²) in [6, 6.07) is -2.30. The molecule has 0 aromatic rings. The number of nitrogens with one attached hydrogen (secondary N) is 2. The van der Waals surface area contributed by atoms with Crippen LogP contribution in [-0.4, -0.2) is 41.5 Å². The Labute approximate surface area is 91.3 Å². The van der Waals surface area contributed by atoms with Gasteiger partial charge in [-0.15, -0.1) is 0 Å². The van der Waals surface area contributed by atoms with Crippen molar-refractivity contribution >= 4 is 17.7 Å². The van der Waals surface area contributed by atoms with E-state index in [2.05, 4.69) is 0 Å². The Bertz CT molecular complexity index is 282. The highest BCUT2D eigenvalue weighted by atomic mass is 16.3. The maximum Gasteiger partial charge on any atom is 0.257 e. The Morgan fingerprint density at radius 3 is 1.88 bits per heavy atom. The molecule has 0 rings (SSSR count). The van der Waals surface area contributed by atoms with Gasteiger partial charge in [-0.05, 0) is 0 Å². The van der Waals surface area contributed by atoms with Crippen molar-refractivity contribution in [2.24, 2.45) is 17.2 Å². The molecule has 0 fully saturated rings. The average Bonchev–Trinajstić information content (AvgIpc) is 2.23. The van der Waals surface area contributed by atoms with Gasteiger partial charge in [0.1, 0.15) is 6.04 Å². The number of hydrogen-bond acceptors (Lipinski definition) is 6. The monoisotopic (exact) mass is 233 g/mol. The minimum absolute atomic E-state index is 0.340. The van der Waals surface area contributed by atoms with E-state index in [9.17, 15) is 14.4 Å². The SMILES string of the molecule is NC(=O)CC(N)C(=O)NNC(=O)C(N)CO. The molecule has 2 atom stereocenters. The smallest absolute Gasteiger partial charge is 0.257 e. The number of carbonyl (C=O) groups excluding carboxylic acids is 3. The molecule has 3 amide bonds. The molecule has 0 bridgehead atoms. The van der Waals surface area contributed by atoms with Crippen LogP contribution >= 0.6 is 0 Å². The van der Waals surface area contributed by atoms with Crippen LogP contribution in [0.2, 0.25) is 0 Å². The van der Waals surface area contributed by atoms with Crippen molar-refractivity contribution in [3.05, 3.63) is 0 Å². The first-order chi connectivity index (χ1) is 7.38. The van der Waals surface area contributed by atoms with Crippen molar-refractivity contribution in [2.75, 3.05) is 6.61 Å². The minimum Gasteiger partial charge on any atom is -0.394 e. The van der Waals surface area contributed by atoms with Crippen LogP contribution in [0.4, 0.5) is 0 Å². The molecule has 0 aliphatic heterocycles. The number of nitrogens with two attached hydrogens (primary N) is 3. The molecule has 0 heterocycles. The number of carbonyl (C=O) groups is 3. The molecule has 0 radical (unpaired) electrons. The predicted octanol–water partition coefficient (Wildman–Crippen LogP) is -4.34. The lowest BCUT2D eigenvalue weighted by Gasteiger charge is -2.13. The fraction of sp³-hybridized carbons (Fsp3) is 0.571. The molecule has 0 aromatic carbocycles. The summed E-state index contributed by atoms with van der Waals surface area (Å²) in [6.45, 7) is -0.560. The zero-order chi connectivity index (χ0) is 12.7. The van der Waals surface area contributed by atoms with Gasteiger partial charge in [-0.3, -0.25) is 25.2 Å². The maximum atomic E-state index is 11.1. The summed E-state index contributed by atoms with van der Waals surface area (Å²) in [7, 11) is 0. The Hall–Kier alpha value is -1.71. The van der Waals surface area contributed by atoms with Gasteiger partial charge in [-0.1, -0.05) is 0 Å². The third-order valence-corrected chi connectivity index (χ3v) is 1.60. The fourth-order valence-corrected chi connectivity index (χ4v) is 0.701. The van der Waals surface area contributed by atoms with Crippen LogP contribution in [0.1, 0.15) is 6.42 Å². The Morgan fingerprint density at radius 1 is 1.06 bits per heavy atom. The highest BCUT2D eigenvalue weighted by Gasteiger charge is 2.18. The number of primary amides is 1. The second-order valence-corrected chi connectivity index (χ2v) is 3.04. The third-order valence-electron chi connectivity index (χ3n) is 1.60. The predicted molar refractivity (Wildman–Crippen MR) is 53.1 cm³/mol. The van der Waals surface area contributed by atoms with E-state index >= 15 is 0 Å². The van der Waals surface area contributed by atoms with Crippen molar-refractivity contribution in [1.29, 1.82) is 0 Å². The molecule has 0 spiro atoms. The van der Waals surface area contributed by atoms with Gasteiger partial charge in [0, 0.05) is 0 Å². The largest absolute Gasteiger partial charge is 0.394 e. The number of rotatable bonds is 5. The molecule has 92 valence electrons. The van der Waals surface area contributed by atoms with Gasteiger partial charge in [0.15, 0.2) is 0 Å². The Balaban J connectivity index is 3.97. The van der Waals surface area contributed by atoms with Gasteiger partial charge < -0.3 is 22.3 Å². The molecule has 0 aliphatic rings. The second kappa shape index (κ2) is 6.71. The standard InChI is InChI=1S/C7H15N5O4/c8-3(1-5(10)14)6(15)11-12-7(16)4(9)2-13/h3-4,13H,1-2,8-9H2,(H2,10,14)(H,11,15)(H,12,16). The molecule has 16 heavy (non-hydrogen) atoms. The maximum absolute atomic E-state index is 11.1. The Morgan fingerprint density at radius 2 is 1.50 bits per heavy atom. The van der Waals surface area contributed by atoms with Gasteiger partial charge in [0.05, 0.1) is 19.1 Å². The van der Waals surface area contributed by atoms with E-state index in [1.807, 2.05) is 10.9 Å². The van der Waals surface area contributed by atoms with E-state index in [4.69, 9.17) is 22.3 Å². The lowest BCUT2D eigenvalue weighted by Crippen LogP contribution is -2.54. The van der Waals surface area contributed by atoms with Gasteiger partial charge >= 0.3 is 0 Å². The van der Waals surface area contributed by atoms with Gasteiger partial charge in [-0.25, -0.2) is 0 Å². The first-order valence-corrected chi connectivity index (χ1v) is 4.38. The molecule has 2 unspecified atom stereocenters. The summed E-state index contributed by atoms with van der Waals surface area (Å²) in [5.41, 5.74) is 19.1. The van der Waals surface area contributed by atoms with E-state index in [0.29, 0.717) is 0 Å². The van der Waals surface area contributed by atoms with Crippen LogP contribution in [0, 0.1) is 0 Å². The number of hydrogen-bond donors (Lipinski definition) is 6. The summed E-state index contributed by atoms with van der Waals surface area (Å²) in [5, 5.41) is 8.51. The molecule has 9 heteroatoms. The summed E-state index contributed by atoms with van der Waals surface area (Å²) in [6.07, 6.45) is -0.340. The second-order valence-electron chi connectivity index (χ2n) is 3.04. The normalized spacial score (nSPS) is 13.7. The van der Waals surface area contributed by atoms with E-state index in [-0.39, 0.29) is 6.42 Å². The van der Waals surface area contributed by atoms with Crippen molar-refractivity contribution in [2.45, 2.75) is 18.5 Å². The molecule has 0 aliphatic carbocycles. The number of aliphatic hydroxyl groups excluding tert-OH is 1. The zero-order valence-corrected chi connectivity index (χ0v) is 8.47. The van der Waals surface area contributed by atoms with Gasteiger partial charge in [0.2, 0.25) is 5.91 Å². The van der Waals surface area contributed by atoms with E-state index in [1.165, 1.54) is 0 Å². The molecule has 0 saturated carbocycles. The molecule has 0 saturated heterocycles. The first kappa shape index (κ1) is 14.3. The highest BCUT2D eigenvalue weighted by molar-refractivity contribution is 5.90. The van der Waals surface area contributed by atoms with Gasteiger partial charge in [0.25, 0.3) is 11.8 Å². The molecule has 9 N–H and O–H groups in total. The zero-order valence-electron chi connectivity index (χ0n) is 8.47.